The average Bonchev–Trinajstić information content (AvgIpc) is 1.85. The molecule has 0 saturated heterocycles. The van der Waals surface area contributed by atoms with Crippen molar-refractivity contribution in [2.24, 2.45) is 0 Å². The number of ether oxygens (including phenoxy) is 1. The number of likely N-dealkylation sites (N-methyl/N-ethyl adjacent to an activating group) is 1. The van der Waals surface area contributed by atoms with Gasteiger partial charge < -0.3 is 20.0 Å². The number of carboxylic acid groups (broad SMARTS) is 1. The molecular formula is C8H17NO3. The van der Waals surface area contributed by atoms with Crippen LogP contribution in [-0.4, -0.2) is 31.3 Å². The number of nitrogens with two attached hydrogens (primary N) is 1. The van der Waals surface area contributed by atoms with E-state index in [1.165, 1.54) is 0 Å². The van der Waals surface area contributed by atoms with Crippen LogP contribution in [0, 0.1) is 0 Å². The number of carboxylic acids is 1. The predicted octanol–water partition coefficient (Wildman–Crippen LogP) is -1.89. The SMILES string of the molecule is C[NH2+][C@@H](COC(C)(C)C)C(=O)[O-]. The number of carbonyl (C=O) groups is 1. The Morgan fingerprint density at radius 3 is 2.33 bits per heavy atom. The van der Waals surface area contributed by atoms with Gasteiger partial charge in [0, 0.05) is 0 Å². The molecule has 0 bridgehead atoms. The zero-order valence-electron chi connectivity index (χ0n) is 8.09. The minimum atomic E-state index is -1.08. The zero-order chi connectivity index (χ0) is 9.78. The third-order valence-electron chi connectivity index (χ3n) is 1.40. The summed E-state index contributed by atoms with van der Waals surface area (Å²) in [6.07, 6.45) is 0. The largest absolute Gasteiger partial charge is 0.544 e. The van der Waals surface area contributed by atoms with E-state index in [2.05, 4.69) is 0 Å². The zero-order valence-corrected chi connectivity index (χ0v) is 8.09. The monoisotopic (exact) mass is 175 g/mol. The quantitative estimate of drug-likeness (QED) is 0.543. The van der Waals surface area contributed by atoms with Gasteiger partial charge in [0.15, 0.2) is 0 Å². The molecule has 0 aliphatic carbocycles. The van der Waals surface area contributed by atoms with Crippen LogP contribution in [0.15, 0.2) is 0 Å². The highest BCUT2D eigenvalue weighted by Gasteiger charge is 2.16. The molecule has 2 N–H and O–H groups in total. The van der Waals surface area contributed by atoms with Crippen LogP contribution in [0.3, 0.4) is 0 Å². The highest BCUT2D eigenvalue weighted by molar-refractivity contribution is 5.69. The standard InChI is InChI=1S/C8H17NO3/c1-8(2,3)12-5-6(9-4)7(10)11/h6,9H,5H2,1-4H3,(H,10,11)/t6-/m0/s1. The molecule has 4 nitrogen and oxygen atoms in total. The van der Waals surface area contributed by atoms with E-state index in [1.807, 2.05) is 20.8 Å². The van der Waals surface area contributed by atoms with Crippen molar-refractivity contribution in [2.45, 2.75) is 32.4 Å². The molecule has 0 heterocycles. The van der Waals surface area contributed by atoms with Crippen molar-refractivity contribution >= 4 is 5.97 Å². The van der Waals surface area contributed by atoms with E-state index >= 15 is 0 Å². The highest BCUT2D eigenvalue weighted by Crippen LogP contribution is 2.05. The van der Waals surface area contributed by atoms with Crippen molar-refractivity contribution in [1.82, 2.24) is 0 Å². The molecule has 0 rings (SSSR count). The van der Waals surface area contributed by atoms with Crippen molar-refractivity contribution in [3.05, 3.63) is 0 Å². The molecule has 72 valence electrons. The molecule has 0 aliphatic rings. The lowest BCUT2D eigenvalue weighted by Crippen LogP contribution is -2.91. The van der Waals surface area contributed by atoms with Crippen molar-refractivity contribution in [2.75, 3.05) is 13.7 Å². The van der Waals surface area contributed by atoms with Gasteiger partial charge in [-0.3, -0.25) is 0 Å². The lowest BCUT2D eigenvalue weighted by molar-refractivity contribution is -0.660. The van der Waals surface area contributed by atoms with Crippen LogP contribution < -0.4 is 10.4 Å². The summed E-state index contributed by atoms with van der Waals surface area (Å²) in [4.78, 5) is 10.4. The summed E-state index contributed by atoms with van der Waals surface area (Å²) < 4.78 is 5.29. The van der Waals surface area contributed by atoms with Gasteiger partial charge in [-0.15, -0.1) is 0 Å². The molecule has 12 heavy (non-hydrogen) atoms. The van der Waals surface area contributed by atoms with Gasteiger partial charge in [0.2, 0.25) is 0 Å². The normalized spacial score (nSPS) is 14.3. The lowest BCUT2D eigenvalue weighted by Gasteiger charge is -2.22. The Morgan fingerprint density at radius 1 is 1.58 bits per heavy atom. The first-order chi connectivity index (χ1) is 5.37. The Labute approximate surface area is 72.9 Å². The first-order valence-corrected chi connectivity index (χ1v) is 4.01. The molecule has 4 heteroatoms. The summed E-state index contributed by atoms with van der Waals surface area (Å²) in [5, 5.41) is 12.0. The highest BCUT2D eigenvalue weighted by atomic mass is 16.5. The summed E-state index contributed by atoms with van der Waals surface area (Å²) in [6, 6.07) is -0.607. The van der Waals surface area contributed by atoms with Gasteiger partial charge in [0.05, 0.1) is 12.6 Å². The Balaban J connectivity index is 3.81. The summed E-state index contributed by atoms with van der Waals surface area (Å²) in [6.45, 7) is 5.83. The lowest BCUT2D eigenvalue weighted by atomic mass is 10.2. The molecule has 0 aromatic heterocycles. The van der Waals surface area contributed by atoms with E-state index in [4.69, 9.17) is 4.74 Å². The van der Waals surface area contributed by atoms with Crippen LogP contribution in [0.2, 0.25) is 0 Å². The Hall–Kier alpha value is -0.610. The fourth-order valence-electron chi connectivity index (χ4n) is 0.640. The van der Waals surface area contributed by atoms with Crippen molar-refractivity contribution in [3.8, 4) is 0 Å². The Bertz CT molecular complexity index is 151. The maximum atomic E-state index is 10.4. The van der Waals surface area contributed by atoms with Crippen LogP contribution in [-0.2, 0) is 9.53 Å². The first kappa shape index (κ1) is 11.4. The molecule has 0 aromatic rings. The maximum absolute atomic E-state index is 10.4. The number of rotatable bonds is 4. The third-order valence-corrected chi connectivity index (χ3v) is 1.40. The molecule has 0 spiro atoms. The van der Waals surface area contributed by atoms with Crippen LogP contribution in [0.5, 0.6) is 0 Å². The second kappa shape index (κ2) is 4.42. The predicted molar refractivity (Wildman–Crippen MR) is 42.3 cm³/mol. The minimum absolute atomic E-state index is 0.183. The second-order valence-electron chi connectivity index (χ2n) is 3.68. The van der Waals surface area contributed by atoms with E-state index in [9.17, 15) is 9.90 Å². The van der Waals surface area contributed by atoms with Crippen LogP contribution in [0.4, 0.5) is 0 Å². The summed E-state index contributed by atoms with van der Waals surface area (Å²) in [5.74, 6) is -1.08. The number of hydrogen-bond donors (Lipinski definition) is 1. The maximum Gasteiger partial charge on any atom is 0.149 e. The summed E-state index contributed by atoms with van der Waals surface area (Å²) in [7, 11) is 1.69. The van der Waals surface area contributed by atoms with Gasteiger partial charge in [0.1, 0.15) is 18.6 Å². The Morgan fingerprint density at radius 2 is 2.08 bits per heavy atom. The number of aliphatic carboxylic acids is 1. The summed E-state index contributed by atoms with van der Waals surface area (Å²) >= 11 is 0. The Kier molecular flexibility index (Phi) is 4.20. The number of hydrogen-bond acceptors (Lipinski definition) is 3. The van der Waals surface area contributed by atoms with Crippen LogP contribution >= 0.6 is 0 Å². The van der Waals surface area contributed by atoms with Crippen molar-refractivity contribution < 1.29 is 20.0 Å². The average molecular weight is 175 g/mol. The fourth-order valence-corrected chi connectivity index (χ4v) is 0.640. The third kappa shape index (κ3) is 5.09. The van der Waals surface area contributed by atoms with E-state index in [0.717, 1.165) is 0 Å². The van der Waals surface area contributed by atoms with E-state index in [1.54, 1.807) is 12.4 Å². The number of carbonyl (C=O) groups excluding carboxylic acids is 1. The number of quaternary nitrogens is 1. The molecular weight excluding hydrogens is 158 g/mol. The van der Waals surface area contributed by atoms with Gasteiger partial charge in [-0.05, 0) is 20.8 Å². The van der Waals surface area contributed by atoms with Gasteiger partial charge in [-0.2, -0.15) is 0 Å². The molecule has 0 aliphatic heterocycles. The summed E-state index contributed by atoms with van der Waals surface area (Å²) in [5.41, 5.74) is -0.295. The van der Waals surface area contributed by atoms with Crippen molar-refractivity contribution in [3.63, 3.8) is 0 Å². The molecule has 0 saturated carbocycles. The van der Waals surface area contributed by atoms with Crippen molar-refractivity contribution in [1.29, 1.82) is 0 Å². The topological polar surface area (TPSA) is 66.0 Å². The van der Waals surface area contributed by atoms with Crippen LogP contribution in [0.1, 0.15) is 20.8 Å². The molecule has 0 radical (unpaired) electrons. The first-order valence-electron chi connectivity index (χ1n) is 4.01. The van der Waals surface area contributed by atoms with Gasteiger partial charge in [-0.1, -0.05) is 0 Å². The van der Waals surface area contributed by atoms with Gasteiger partial charge in [0.25, 0.3) is 0 Å². The fraction of sp³-hybridized carbons (Fsp3) is 0.875. The minimum Gasteiger partial charge on any atom is -0.544 e. The second-order valence-corrected chi connectivity index (χ2v) is 3.68. The van der Waals surface area contributed by atoms with E-state index < -0.39 is 12.0 Å². The van der Waals surface area contributed by atoms with E-state index in [0.29, 0.717) is 0 Å². The molecule has 0 unspecified atom stereocenters. The van der Waals surface area contributed by atoms with Crippen LogP contribution in [0.25, 0.3) is 0 Å². The molecule has 0 aromatic carbocycles. The molecule has 1 atom stereocenters. The smallest absolute Gasteiger partial charge is 0.149 e. The van der Waals surface area contributed by atoms with Gasteiger partial charge in [-0.25, -0.2) is 0 Å². The van der Waals surface area contributed by atoms with E-state index in [-0.39, 0.29) is 12.2 Å². The molecule has 0 fully saturated rings. The van der Waals surface area contributed by atoms with Gasteiger partial charge >= 0.3 is 0 Å². The molecule has 0 amide bonds.